The van der Waals surface area contributed by atoms with Crippen LogP contribution in [0.4, 0.5) is 24.9 Å². The molecule has 0 spiro atoms. The molecule has 1 unspecified atom stereocenters. The van der Waals surface area contributed by atoms with E-state index in [-0.39, 0.29) is 22.9 Å². The smallest absolute Gasteiger partial charge is 0.379 e. The molecule has 17 heteroatoms. The maximum atomic E-state index is 13.2. The molecule has 4 aromatic rings. The van der Waals surface area contributed by atoms with E-state index in [1.165, 1.54) is 22.2 Å². The number of hydrogen-bond donors (Lipinski definition) is 3. The summed E-state index contributed by atoms with van der Waals surface area (Å²) in [6.45, 7) is 9.40. The van der Waals surface area contributed by atoms with Gasteiger partial charge in [0.15, 0.2) is 6.10 Å². The zero-order valence-corrected chi connectivity index (χ0v) is 30.1. The molecule has 1 aromatic carbocycles. The molecule has 12 nitrogen and oxygen atoms in total. The monoisotopic (exact) mass is 733 g/mol. The Bertz CT molecular complexity index is 2010. The molecule has 0 amide bonds. The van der Waals surface area contributed by atoms with Crippen LogP contribution in [0.1, 0.15) is 47.6 Å². The van der Waals surface area contributed by atoms with Crippen molar-refractivity contribution in [3.63, 3.8) is 0 Å². The van der Waals surface area contributed by atoms with Crippen molar-refractivity contribution in [3.05, 3.63) is 46.0 Å². The fourth-order valence-corrected chi connectivity index (χ4v) is 8.83. The summed E-state index contributed by atoms with van der Waals surface area (Å²) in [6.07, 6.45) is -4.51. The van der Waals surface area contributed by atoms with E-state index in [1.54, 1.807) is 7.05 Å². The van der Waals surface area contributed by atoms with E-state index in [9.17, 15) is 32.0 Å². The minimum atomic E-state index is -4.77. The van der Waals surface area contributed by atoms with E-state index in [4.69, 9.17) is 0 Å². The zero-order valence-electron chi connectivity index (χ0n) is 28.5. The number of thiophene rings is 1. The van der Waals surface area contributed by atoms with E-state index in [2.05, 4.69) is 67.0 Å². The third kappa shape index (κ3) is 7.55. The average molecular weight is 734 g/mol. The van der Waals surface area contributed by atoms with Crippen LogP contribution < -0.4 is 10.6 Å². The molecule has 6 rings (SSSR count). The molecule has 3 N–H and O–H groups in total. The Kier molecular flexibility index (Phi) is 10.3. The number of nitrogens with zero attached hydrogens (tertiary/aromatic N) is 7. The summed E-state index contributed by atoms with van der Waals surface area (Å²) in [6, 6.07) is 10.0. The first-order valence-electron chi connectivity index (χ1n) is 16.6. The van der Waals surface area contributed by atoms with Gasteiger partial charge in [-0.05, 0) is 56.0 Å². The number of aliphatic hydroxyl groups is 1. The van der Waals surface area contributed by atoms with Crippen molar-refractivity contribution in [1.82, 2.24) is 28.6 Å². The van der Waals surface area contributed by atoms with Crippen molar-refractivity contribution in [2.45, 2.75) is 64.1 Å². The number of halogens is 3. The van der Waals surface area contributed by atoms with Gasteiger partial charge in [0.05, 0.1) is 11.6 Å². The number of rotatable bonds is 10. The summed E-state index contributed by atoms with van der Waals surface area (Å²) >= 11 is 0.805. The number of likely N-dealkylation sites (tertiary alicyclic amines) is 1. The normalized spacial score (nSPS) is 18.8. The van der Waals surface area contributed by atoms with Gasteiger partial charge >= 0.3 is 6.18 Å². The standard InChI is InChI=1S/C33H42F3N9O3S2/c1-20(43-11-13-44(14-12-43)50(4,47)48)18-45-24(17-37)15-25-21(2)22(5-6-27(25)45)19-42-9-7-23(8-10-42)39-30-26-16-28(29(46)33(34,35)36)49-31(26)41-32(38-3)40-30/h5-6,15-16,20,23,29,46H,7-14,18-19H2,1-4H3,(H2,38,39,40,41)/t20-,29?/m0/s1. The molecular weight excluding hydrogens is 692 g/mol. The molecule has 270 valence electrons. The molecule has 0 aliphatic carbocycles. The van der Waals surface area contributed by atoms with E-state index < -0.39 is 22.3 Å². The van der Waals surface area contributed by atoms with Crippen LogP contribution >= 0.6 is 11.3 Å². The van der Waals surface area contributed by atoms with Crippen LogP contribution in [0, 0.1) is 18.3 Å². The molecule has 2 fully saturated rings. The van der Waals surface area contributed by atoms with Crippen LogP contribution in [0.25, 0.3) is 21.1 Å². The number of aryl methyl sites for hydroxylation is 1. The molecule has 3 aromatic heterocycles. The molecular formula is C33H42F3N9O3S2. The number of sulfonamides is 1. The highest BCUT2D eigenvalue weighted by Crippen LogP contribution is 2.40. The van der Waals surface area contributed by atoms with E-state index in [1.807, 2.05) is 6.07 Å². The summed E-state index contributed by atoms with van der Waals surface area (Å²) in [5.74, 6) is 0.729. The maximum Gasteiger partial charge on any atom is 0.419 e. The summed E-state index contributed by atoms with van der Waals surface area (Å²) in [5, 5.41) is 27.6. The van der Waals surface area contributed by atoms with Crippen molar-refractivity contribution in [2.24, 2.45) is 0 Å². The molecule has 5 heterocycles. The van der Waals surface area contributed by atoms with Gasteiger partial charge in [0.1, 0.15) is 22.4 Å². The van der Waals surface area contributed by atoms with Gasteiger partial charge in [-0.15, -0.1) is 11.3 Å². The Morgan fingerprint density at radius 3 is 2.42 bits per heavy atom. The molecule has 2 saturated heterocycles. The number of anilines is 2. The number of aromatic nitrogens is 3. The van der Waals surface area contributed by atoms with Crippen LogP contribution in [0.2, 0.25) is 0 Å². The Labute approximate surface area is 293 Å². The lowest BCUT2D eigenvalue weighted by Gasteiger charge is -2.37. The highest BCUT2D eigenvalue weighted by Gasteiger charge is 2.41. The number of fused-ring (bicyclic) bond motifs is 2. The van der Waals surface area contributed by atoms with E-state index in [0.29, 0.717) is 54.5 Å². The number of hydrogen-bond acceptors (Lipinski definition) is 11. The lowest BCUT2D eigenvalue weighted by Crippen LogP contribution is -2.51. The number of piperidine rings is 1. The van der Waals surface area contributed by atoms with Crippen molar-refractivity contribution < 1.29 is 26.7 Å². The van der Waals surface area contributed by atoms with Gasteiger partial charge in [-0.1, -0.05) is 6.07 Å². The summed E-state index contributed by atoms with van der Waals surface area (Å²) < 4.78 is 67.1. The van der Waals surface area contributed by atoms with Crippen molar-refractivity contribution in [3.8, 4) is 6.07 Å². The SMILES string of the molecule is CNc1nc(NC2CCN(Cc3ccc4c(cc(C#N)n4C[C@H](C)N4CCN(S(C)(=O)=O)CC4)c3C)CC2)c2cc(C(O)C(F)(F)F)sc2n1. The fraction of sp³-hybridized carbons (Fsp3) is 0.545. The van der Waals surface area contributed by atoms with Crippen LogP contribution in [0.5, 0.6) is 0 Å². The fourth-order valence-electron chi connectivity index (χ4n) is 6.97. The molecule has 0 radical (unpaired) electrons. The highest BCUT2D eigenvalue weighted by atomic mass is 32.2. The predicted molar refractivity (Wildman–Crippen MR) is 189 cm³/mol. The second-order valence-corrected chi connectivity index (χ2v) is 16.3. The number of piperazine rings is 1. The Morgan fingerprint density at radius 2 is 1.80 bits per heavy atom. The maximum absolute atomic E-state index is 13.2. The van der Waals surface area contributed by atoms with Gasteiger partial charge in [-0.2, -0.15) is 27.7 Å². The Hall–Kier alpha value is -3.53. The van der Waals surface area contributed by atoms with Crippen LogP contribution in [-0.2, 0) is 23.1 Å². The number of benzene rings is 1. The highest BCUT2D eigenvalue weighted by molar-refractivity contribution is 7.88. The van der Waals surface area contributed by atoms with Crippen molar-refractivity contribution in [1.29, 1.82) is 5.26 Å². The number of aliphatic hydroxyl groups excluding tert-OH is 1. The quantitative estimate of drug-likeness (QED) is 0.213. The number of nitrogens with one attached hydrogen (secondary N) is 2. The first-order chi connectivity index (χ1) is 23.7. The topological polar surface area (TPSA) is 143 Å². The second kappa shape index (κ2) is 14.2. The third-order valence-corrected chi connectivity index (χ3v) is 12.3. The van der Waals surface area contributed by atoms with Gasteiger partial charge in [0.2, 0.25) is 16.0 Å². The first kappa shape index (κ1) is 36.3. The summed E-state index contributed by atoms with van der Waals surface area (Å²) in [5.41, 5.74) is 3.91. The molecule has 0 bridgehead atoms. The molecule has 0 saturated carbocycles. The minimum absolute atomic E-state index is 0.0529. The molecule has 50 heavy (non-hydrogen) atoms. The van der Waals surface area contributed by atoms with E-state index in [0.717, 1.165) is 60.3 Å². The van der Waals surface area contributed by atoms with Gasteiger partial charge < -0.3 is 20.3 Å². The van der Waals surface area contributed by atoms with Gasteiger partial charge in [-0.3, -0.25) is 9.80 Å². The predicted octanol–water partition coefficient (Wildman–Crippen LogP) is 4.51. The van der Waals surface area contributed by atoms with Crippen LogP contribution in [0.3, 0.4) is 0 Å². The van der Waals surface area contributed by atoms with Gasteiger partial charge in [0, 0.05) is 87.3 Å². The van der Waals surface area contributed by atoms with Gasteiger partial charge in [0.25, 0.3) is 0 Å². The third-order valence-electron chi connectivity index (χ3n) is 9.93. The average Bonchev–Trinajstić information content (AvgIpc) is 3.67. The minimum Gasteiger partial charge on any atom is -0.379 e. The van der Waals surface area contributed by atoms with Gasteiger partial charge in [-0.25, -0.2) is 13.4 Å². The van der Waals surface area contributed by atoms with Crippen LogP contribution in [0.15, 0.2) is 24.3 Å². The summed E-state index contributed by atoms with van der Waals surface area (Å²) in [7, 11) is -1.56. The largest absolute Gasteiger partial charge is 0.419 e. The Morgan fingerprint density at radius 1 is 1.10 bits per heavy atom. The molecule has 2 atom stereocenters. The van der Waals surface area contributed by atoms with Crippen molar-refractivity contribution >= 4 is 54.2 Å². The summed E-state index contributed by atoms with van der Waals surface area (Å²) in [4.78, 5) is 13.6. The first-order valence-corrected chi connectivity index (χ1v) is 19.3. The lowest BCUT2D eigenvalue weighted by molar-refractivity contribution is -0.205. The van der Waals surface area contributed by atoms with Crippen LogP contribution in [-0.4, -0.2) is 113 Å². The Balaban J connectivity index is 1.11. The second-order valence-electron chi connectivity index (χ2n) is 13.2. The number of nitriles is 1. The molecule has 2 aliphatic rings. The van der Waals surface area contributed by atoms with Crippen molar-refractivity contribution in [2.75, 3.05) is 63.2 Å². The molecule has 2 aliphatic heterocycles. The zero-order chi connectivity index (χ0) is 36.0. The lowest BCUT2D eigenvalue weighted by atomic mass is 10.0. The van der Waals surface area contributed by atoms with E-state index >= 15 is 0 Å². The number of alkyl halides is 3.